The van der Waals surface area contributed by atoms with Crippen LogP contribution in [0.25, 0.3) is 0 Å². The molecule has 0 spiro atoms. The van der Waals surface area contributed by atoms with Gasteiger partial charge in [0.25, 0.3) is 0 Å². The molecule has 1 heterocycles. The van der Waals surface area contributed by atoms with Gasteiger partial charge in [-0.2, -0.15) is 13.2 Å². The minimum Gasteiger partial charge on any atom is -0.316 e. The second-order valence-electron chi connectivity index (χ2n) is 2.97. The van der Waals surface area contributed by atoms with Crippen LogP contribution in [-0.2, 0) is 0 Å². The van der Waals surface area contributed by atoms with E-state index in [4.69, 9.17) is 0 Å². The quantitative estimate of drug-likeness (QED) is 0.790. The number of hydrogen-bond donors (Lipinski definition) is 1. The first-order valence-corrected chi connectivity index (χ1v) is 4.98. The summed E-state index contributed by atoms with van der Waals surface area (Å²) < 4.78 is 35.3. The normalized spacial score (nSPS) is 23.8. The molecule has 1 aliphatic rings. The molecular formula is C7H13ClF3NS. The molecule has 1 nitrogen and oxygen atoms in total. The number of piperidine rings is 1. The Morgan fingerprint density at radius 2 is 2.08 bits per heavy atom. The molecule has 80 valence electrons. The fourth-order valence-corrected chi connectivity index (χ4v) is 1.99. The van der Waals surface area contributed by atoms with Gasteiger partial charge in [-0.15, -0.1) is 12.4 Å². The highest BCUT2D eigenvalue weighted by atomic mass is 35.5. The van der Waals surface area contributed by atoms with Crippen molar-refractivity contribution in [2.45, 2.75) is 18.3 Å². The molecule has 0 aromatic carbocycles. The summed E-state index contributed by atoms with van der Waals surface area (Å²) in [5.41, 5.74) is -4.06. The Labute approximate surface area is 86.2 Å². The van der Waals surface area contributed by atoms with E-state index in [1.165, 1.54) is 0 Å². The van der Waals surface area contributed by atoms with Gasteiger partial charge in [0.05, 0.1) is 0 Å². The topological polar surface area (TPSA) is 12.0 Å². The predicted octanol–water partition coefficient (Wildman–Crippen LogP) is 2.66. The minimum atomic E-state index is -4.06. The van der Waals surface area contributed by atoms with Crippen LogP contribution in [-0.4, -0.2) is 24.4 Å². The Kier molecular flexibility index (Phi) is 6.16. The van der Waals surface area contributed by atoms with Crippen LogP contribution < -0.4 is 5.32 Å². The molecule has 0 aliphatic carbocycles. The molecule has 0 saturated carbocycles. The van der Waals surface area contributed by atoms with E-state index in [1.807, 2.05) is 0 Å². The van der Waals surface area contributed by atoms with E-state index in [-0.39, 0.29) is 35.8 Å². The zero-order valence-electron chi connectivity index (χ0n) is 7.06. The van der Waals surface area contributed by atoms with Crippen LogP contribution in [0.1, 0.15) is 12.8 Å². The molecule has 0 radical (unpaired) electrons. The molecule has 0 aromatic rings. The number of nitrogens with one attached hydrogen (secondary N) is 1. The molecular weight excluding hydrogens is 223 g/mol. The zero-order valence-corrected chi connectivity index (χ0v) is 8.70. The van der Waals surface area contributed by atoms with Gasteiger partial charge in [0.15, 0.2) is 0 Å². The largest absolute Gasteiger partial charge is 0.441 e. The fraction of sp³-hybridized carbons (Fsp3) is 1.00. The van der Waals surface area contributed by atoms with E-state index >= 15 is 0 Å². The second kappa shape index (κ2) is 5.98. The summed E-state index contributed by atoms with van der Waals surface area (Å²) in [5.74, 6) is 0.404. The maximum Gasteiger partial charge on any atom is 0.441 e. The maximum absolute atomic E-state index is 11.8. The number of alkyl halides is 3. The molecule has 1 unspecified atom stereocenters. The van der Waals surface area contributed by atoms with Crippen LogP contribution in [0, 0.1) is 5.92 Å². The lowest BCUT2D eigenvalue weighted by Gasteiger charge is -2.22. The average molecular weight is 236 g/mol. The van der Waals surface area contributed by atoms with E-state index in [1.54, 1.807) is 0 Å². The van der Waals surface area contributed by atoms with Crippen molar-refractivity contribution in [1.82, 2.24) is 5.32 Å². The number of hydrogen-bond acceptors (Lipinski definition) is 2. The summed E-state index contributed by atoms with van der Waals surface area (Å²) in [5, 5.41) is 3.09. The molecule has 1 fully saturated rings. The molecule has 1 saturated heterocycles. The van der Waals surface area contributed by atoms with Crippen LogP contribution in [0.2, 0.25) is 0 Å². The third kappa shape index (κ3) is 6.46. The van der Waals surface area contributed by atoms with Gasteiger partial charge in [-0.3, -0.25) is 0 Å². The molecule has 0 amide bonds. The Morgan fingerprint density at radius 1 is 1.38 bits per heavy atom. The lowest BCUT2D eigenvalue weighted by Crippen LogP contribution is -2.31. The fourth-order valence-electron chi connectivity index (χ4n) is 1.28. The Bertz CT molecular complexity index is 136. The Balaban J connectivity index is 0.00000144. The molecule has 1 rings (SSSR count). The average Bonchev–Trinajstić information content (AvgIpc) is 2.02. The smallest absolute Gasteiger partial charge is 0.316 e. The van der Waals surface area contributed by atoms with E-state index in [0.29, 0.717) is 0 Å². The van der Waals surface area contributed by atoms with Gasteiger partial charge < -0.3 is 5.32 Å². The van der Waals surface area contributed by atoms with Crippen LogP contribution in [0.4, 0.5) is 13.2 Å². The summed E-state index contributed by atoms with van der Waals surface area (Å²) in [6.07, 6.45) is 1.93. The number of thioether (sulfide) groups is 1. The van der Waals surface area contributed by atoms with Gasteiger partial charge in [-0.05, 0) is 31.8 Å². The number of rotatable bonds is 2. The van der Waals surface area contributed by atoms with Crippen LogP contribution in [0.5, 0.6) is 0 Å². The molecule has 13 heavy (non-hydrogen) atoms. The van der Waals surface area contributed by atoms with Crippen molar-refractivity contribution in [3.63, 3.8) is 0 Å². The van der Waals surface area contributed by atoms with Crippen LogP contribution in [0.15, 0.2) is 0 Å². The standard InChI is InChI=1S/C7H12F3NS.ClH/c8-7(9,10)12-5-6-2-1-3-11-4-6;/h6,11H,1-5H2;1H. The van der Waals surface area contributed by atoms with Crippen molar-refractivity contribution in [1.29, 1.82) is 0 Å². The van der Waals surface area contributed by atoms with Crippen molar-refractivity contribution in [3.8, 4) is 0 Å². The summed E-state index contributed by atoms with van der Waals surface area (Å²) in [6.45, 7) is 1.69. The third-order valence-electron chi connectivity index (χ3n) is 1.88. The zero-order chi connectivity index (χ0) is 9.03. The van der Waals surface area contributed by atoms with Crippen molar-refractivity contribution in [2.75, 3.05) is 18.8 Å². The van der Waals surface area contributed by atoms with Gasteiger partial charge in [-0.1, -0.05) is 11.8 Å². The molecule has 1 N–H and O–H groups in total. The van der Waals surface area contributed by atoms with E-state index in [9.17, 15) is 13.2 Å². The third-order valence-corrected chi connectivity index (χ3v) is 2.85. The molecule has 0 bridgehead atoms. The SMILES string of the molecule is Cl.FC(F)(F)SCC1CCCNC1. The van der Waals surface area contributed by atoms with Crippen molar-refractivity contribution in [3.05, 3.63) is 0 Å². The van der Waals surface area contributed by atoms with Gasteiger partial charge in [-0.25, -0.2) is 0 Å². The summed E-state index contributed by atoms with van der Waals surface area (Å²) in [7, 11) is 0. The summed E-state index contributed by atoms with van der Waals surface area (Å²) >= 11 is 0.100. The number of halogens is 4. The van der Waals surface area contributed by atoms with Gasteiger partial charge in [0, 0.05) is 5.75 Å². The van der Waals surface area contributed by atoms with Crippen molar-refractivity contribution in [2.24, 2.45) is 5.92 Å². The van der Waals surface area contributed by atoms with E-state index in [0.717, 1.165) is 25.9 Å². The van der Waals surface area contributed by atoms with E-state index in [2.05, 4.69) is 5.32 Å². The van der Waals surface area contributed by atoms with Crippen molar-refractivity contribution < 1.29 is 13.2 Å². The first kappa shape index (κ1) is 13.4. The van der Waals surface area contributed by atoms with Gasteiger partial charge >= 0.3 is 5.51 Å². The molecule has 6 heteroatoms. The first-order chi connectivity index (χ1) is 5.58. The summed E-state index contributed by atoms with van der Waals surface area (Å²) in [4.78, 5) is 0. The molecule has 1 atom stereocenters. The Morgan fingerprint density at radius 3 is 2.54 bits per heavy atom. The lowest BCUT2D eigenvalue weighted by atomic mass is 10.0. The predicted molar refractivity (Wildman–Crippen MR) is 51.4 cm³/mol. The van der Waals surface area contributed by atoms with E-state index < -0.39 is 5.51 Å². The second-order valence-corrected chi connectivity index (χ2v) is 4.05. The Hall–Kier alpha value is 0.390. The highest BCUT2D eigenvalue weighted by molar-refractivity contribution is 8.00. The minimum absolute atomic E-state index is 0. The maximum atomic E-state index is 11.8. The van der Waals surface area contributed by atoms with Crippen molar-refractivity contribution >= 4 is 24.2 Å². The highest BCUT2D eigenvalue weighted by Gasteiger charge is 2.29. The first-order valence-electron chi connectivity index (χ1n) is 3.99. The monoisotopic (exact) mass is 235 g/mol. The van der Waals surface area contributed by atoms with Crippen LogP contribution in [0.3, 0.4) is 0 Å². The highest BCUT2D eigenvalue weighted by Crippen LogP contribution is 2.32. The van der Waals surface area contributed by atoms with Crippen LogP contribution >= 0.6 is 24.2 Å². The van der Waals surface area contributed by atoms with Gasteiger partial charge in [0.1, 0.15) is 0 Å². The van der Waals surface area contributed by atoms with Gasteiger partial charge in [0.2, 0.25) is 0 Å². The summed E-state index contributed by atoms with van der Waals surface area (Å²) in [6, 6.07) is 0. The molecule has 0 aromatic heterocycles. The lowest BCUT2D eigenvalue weighted by molar-refractivity contribution is -0.0330. The molecule has 1 aliphatic heterocycles.